The van der Waals surface area contributed by atoms with Gasteiger partial charge in [-0.15, -0.1) is 0 Å². The summed E-state index contributed by atoms with van der Waals surface area (Å²) in [7, 11) is 0. The van der Waals surface area contributed by atoms with Crippen LogP contribution in [-0.2, 0) is 11.2 Å². The molecule has 0 aliphatic rings. The predicted molar refractivity (Wildman–Crippen MR) is 94.2 cm³/mol. The second-order valence-electron chi connectivity index (χ2n) is 6.34. The molecule has 0 spiro atoms. The van der Waals surface area contributed by atoms with Crippen LogP contribution in [0.4, 0.5) is 0 Å². The van der Waals surface area contributed by atoms with Crippen LogP contribution < -0.4 is 56.5 Å². The number of hydrogen-bond acceptors (Lipinski definition) is 2. The summed E-state index contributed by atoms with van der Waals surface area (Å²) in [6.07, 6.45) is 10.6. The molecule has 0 aromatic heterocycles. The van der Waals surface area contributed by atoms with E-state index in [-0.39, 0.29) is 57.8 Å². The van der Waals surface area contributed by atoms with Crippen LogP contribution in [0.2, 0.25) is 0 Å². The van der Waals surface area contributed by atoms with Gasteiger partial charge in [0, 0.05) is 5.97 Å². The molecule has 2 nitrogen and oxygen atoms in total. The van der Waals surface area contributed by atoms with E-state index >= 15 is 0 Å². The van der Waals surface area contributed by atoms with Gasteiger partial charge in [0.15, 0.2) is 0 Å². The number of carboxylic acids is 1. The second kappa shape index (κ2) is 13.1. The Bertz CT molecular complexity index is 604. The van der Waals surface area contributed by atoms with Crippen molar-refractivity contribution in [3.8, 4) is 0 Å². The number of aliphatic carboxylic acids is 1. The molecule has 0 bridgehead atoms. The van der Waals surface area contributed by atoms with Crippen molar-refractivity contribution < 1.29 is 61.3 Å². The molecule has 124 valence electrons. The van der Waals surface area contributed by atoms with E-state index in [4.69, 9.17) is 0 Å². The van der Waals surface area contributed by atoms with Crippen molar-refractivity contribution in [3.63, 3.8) is 0 Å². The Hall–Kier alpha value is -0.194. The minimum absolute atomic E-state index is 0. The van der Waals surface area contributed by atoms with Crippen molar-refractivity contribution in [2.45, 2.75) is 64.2 Å². The number of hydrogen-bond donors (Lipinski definition) is 0. The number of carboxylic acid groups (broad SMARTS) is 1. The largest absolute Gasteiger partial charge is 1.00 e. The molecule has 0 amide bonds. The third-order valence-corrected chi connectivity index (χ3v) is 4.46. The van der Waals surface area contributed by atoms with Gasteiger partial charge in [0.1, 0.15) is 0 Å². The van der Waals surface area contributed by atoms with E-state index < -0.39 is 5.97 Å². The SMILES string of the molecule is O=C([O-])CCCCCCCCCCc1cccc2ccccc12.[K+]. The van der Waals surface area contributed by atoms with Crippen LogP contribution in [0, 0.1) is 0 Å². The van der Waals surface area contributed by atoms with Crippen LogP contribution in [0.1, 0.15) is 63.4 Å². The zero-order valence-electron chi connectivity index (χ0n) is 14.9. The Morgan fingerprint density at radius 1 is 0.750 bits per heavy atom. The van der Waals surface area contributed by atoms with Crippen LogP contribution in [0.5, 0.6) is 0 Å². The fraction of sp³-hybridized carbons (Fsp3) is 0.476. The number of fused-ring (bicyclic) bond motifs is 1. The first kappa shape index (κ1) is 21.8. The Labute approximate surface area is 188 Å². The van der Waals surface area contributed by atoms with Crippen molar-refractivity contribution in [3.05, 3.63) is 48.0 Å². The minimum Gasteiger partial charge on any atom is -0.550 e. The molecule has 0 atom stereocenters. The normalized spacial score (nSPS) is 10.5. The smallest absolute Gasteiger partial charge is 0.550 e. The maximum absolute atomic E-state index is 10.3. The zero-order valence-corrected chi connectivity index (χ0v) is 18.1. The summed E-state index contributed by atoms with van der Waals surface area (Å²) in [6.45, 7) is 0. The number of benzene rings is 2. The zero-order chi connectivity index (χ0) is 16.3. The Morgan fingerprint density at radius 2 is 1.33 bits per heavy atom. The Morgan fingerprint density at radius 3 is 2.04 bits per heavy atom. The Balaban J connectivity index is 0.00000288. The fourth-order valence-electron chi connectivity index (χ4n) is 3.16. The molecule has 0 unspecified atom stereocenters. The van der Waals surface area contributed by atoms with Crippen LogP contribution in [0.15, 0.2) is 42.5 Å². The molecule has 24 heavy (non-hydrogen) atoms. The second-order valence-corrected chi connectivity index (χ2v) is 6.34. The standard InChI is InChI=1S/C21H28O2.K/c22-21(23)17-8-6-4-2-1-3-5-7-12-18-14-11-15-19-13-9-10-16-20(18)19;/h9-11,13-16H,1-8,12,17H2,(H,22,23);/q;+1/p-1. The van der Waals surface area contributed by atoms with Gasteiger partial charge >= 0.3 is 51.4 Å². The summed E-state index contributed by atoms with van der Waals surface area (Å²) in [6, 6.07) is 15.2. The van der Waals surface area contributed by atoms with Crippen molar-refractivity contribution in [1.82, 2.24) is 0 Å². The molecule has 2 aromatic carbocycles. The average molecular weight is 351 g/mol. The number of rotatable bonds is 11. The first-order valence-electron chi connectivity index (χ1n) is 8.94. The van der Waals surface area contributed by atoms with Crippen molar-refractivity contribution in [2.24, 2.45) is 0 Å². The van der Waals surface area contributed by atoms with E-state index in [2.05, 4.69) is 42.5 Å². The van der Waals surface area contributed by atoms with Gasteiger partial charge in [-0.2, -0.15) is 0 Å². The molecule has 0 aliphatic heterocycles. The summed E-state index contributed by atoms with van der Waals surface area (Å²) in [4.78, 5) is 10.3. The van der Waals surface area contributed by atoms with Gasteiger partial charge < -0.3 is 9.90 Å². The number of carbonyl (C=O) groups is 1. The van der Waals surface area contributed by atoms with E-state index in [1.54, 1.807) is 0 Å². The van der Waals surface area contributed by atoms with Gasteiger partial charge in [-0.1, -0.05) is 81.0 Å². The van der Waals surface area contributed by atoms with Crippen LogP contribution >= 0.6 is 0 Å². The van der Waals surface area contributed by atoms with Gasteiger partial charge in [-0.05, 0) is 42.0 Å². The molecule has 0 aliphatic carbocycles. The summed E-state index contributed by atoms with van der Waals surface area (Å²) < 4.78 is 0. The van der Waals surface area contributed by atoms with E-state index in [0.29, 0.717) is 0 Å². The van der Waals surface area contributed by atoms with Crippen molar-refractivity contribution in [2.75, 3.05) is 0 Å². The van der Waals surface area contributed by atoms with E-state index in [9.17, 15) is 9.90 Å². The Kier molecular flexibility index (Phi) is 11.9. The van der Waals surface area contributed by atoms with Crippen LogP contribution in [0.3, 0.4) is 0 Å². The number of carbonyl (C=O) groups excluding carboxylic acids is 1. The first-order valence-corrected chi connectivity index (χ1v) is 8.94. The monoisotopic (exact) mass is 350 g/mol. The first-order chi connectivity index (χ1) is 11.3. The molecular formula is C21H27KO2. The number of unbranched alkanes of at least 4 members (excludes halogenated alkanes) is 7. The summed E-state index contributed by atoms with van der Waals surface area (Å²) >= 11 is 0. The quantitative estimate of drug-likeness (QED) is 0.457. The fourth-order valence-corrected chi connectivity index (χ4v) is 3.16. The van der Waals surface area contributed by atoms with Crippen LogP contribution in [0.25, 0.3) is 10.8 Å². The minimum atomic E-state index is -0.918. The molecule has 3 heteroatoms. The van der Waals surface area contributed by atoms with Crippen molar-refractivity contribution in [1.29, 1.82) is 0 Å². The topological polar surface area (TPSA) is 40.1 Å². The van der Waals surface area contributed by atoms with Gasteiger partial charge in [0.25, 0.3) is 0 Å². The average Bonchev–Trinajstić information content (AvgIpc) is 2.56. The van der Waals surface area contributed by atoms with Gasteiger partial charge in [0.05, 0.1) is 0 Å². The van der Waals surface area contributed by atoms with E-state index in [1.165, 1.54) is 48.4 Å². The van der Waals surface area contributed by atoms with Gasteiger partial charge in [-0.25, -0.2) is 0 Å². The number of aryl methyl sites for hydroxylation is 1. The van der Waals surface area contributed by atoms with Gasteiger partial charge in [-0.3, -0.25) is 0 Å². The predicted octanol–water partition coefficient (Wildman–Crippen LogP) is 1.65. The van der Waals surface area contributed by atoms with E-state index in [1.807, 2.05) is 0 Å². The van der Waals surface area contributed by atoms with Crippen molar-refractivity contribution >= 4 is 16.7 Å². The summed E-state index contributed by atoms with van der Waals surface area (Å²) in [5.74, 6) is -0.918. The van der Waals surface area contributed by atoms with E-state index in [0.717, 1.165) is 25.7 Å². The molecule has 0 radical (unpaired) electrons. The van der Waals surface area contributed by atoms with Gasteiger partial charge in [0.2, 0.25) is 0 Å². The molecule has 2 rings (SSSR count). The maximum atomic E-state index is 10.3. The summed E-state index contributed by atoms with van der Waals surface area (Å²) in [5, 5.41) is 13.0. The molecule has 2 aromatic rings. The maximum Gasteiger partial charge on any atom is 1.00 e. The molecule has 0 saturated carbocycles. The molecule has 0 saturated heterocycles. The summed E-state index contributed by atoms with van der Waals surface area (Å²) in [5.41, 5.74) is 1.46. The molecular weight excluding hydrogens is 323 g/mol. The third-order valence-electron chi connectivity index (χ3n) is 4.46. The molecule has 0 fully saturated rings. The molecule has 0 heterocycles. The molecule has 0 N–H and O–H groups in total. The van der Waals surface area contributed by atoms with Crippen LogP contribution in [-0.4, -0.2) is 5.97 Å². The third kappa shape index (κ3) is 8.26.